The molecule has 16 nitrogen and oxygen atoms in total. The van der Waals surface area contributed by atoms with E-state index in [-0.39, 0.29) is 56.6 Å². The van der Waals surface area contributed by atoms with Gasteiger partial charge in [-0.1, -0.05) is 60.7 Å². The molecular formula is C47H43F2N7O9S. The Labute approximate surface area is 376 Å². The number of aromatic nitrogens is 2. The average molecular weight is 920 g/mol. The molecule has 10 rings (SSSR count). The van der Waals surface area contributed by atoms with Gasteiger partial charge in [-0.3, -0.25) is 33.7 Å². The third kappa shape index (κ3) is 8.25. The minimum atomic E-state index is -3.72. The van der Waals surface area contributed by atoms with E-state index in [2.05, 4.69) is 9.13 Å². The van der Waals surface area contributed by atoms with Crippen LogP contribution in [0.2, 0.25) is 0 Å². The molecule has 4 aromatic carbocycles. The molecule has 340 valence electrons. The van der Waals surface area contributed by atoms with E-state index in [9.17, 15) is 46.0 Å². The molecule has 0 bridgehead atoms. The molecule has 6 heterocycles. The summed E-state index contributed by atoms with van der Waals surface area (Å²) in [5.41, 5.74) is 7.67. The summed E-state index contributed by atoms with van der Waals surface area (Å²) in [4.78, 5) is 79.9. The van der Waals surface area contributed by atoms with Crippen molar-refractivity contribution < 1.29 is 51.1 Å². The van der Waals surface area contributed by atoms with Gasteiger partial charge in [-0.15, -0.1) is 0 Å². The fraction of sp³-hybridized carbons (Fsp3) is 0.277. The second-order valence-electron chi connectivity index (χ2n) is 16.7. The van der Waals surface area contributed by atoms with Gasteiger partial charge >= 0.3 is 18.0 Å². The maximum absolute atomic E-state index is 13.4. The number of carbonyl (C=O) groups is 6. The Morgan fingerprint density at radius 3 is 1.45 bits per heavy atom. The molecule has 4 aliphatic heterocycles. The average Bonchev–Trinajstić information content (AvgIpc) is 3.92. The second-order valence-corrected chi connectivity index (χ2v) is 18.5. The van der Waals surface area contributed by atoms with E-state index in [0.717, 1.165) is 71.5 Å². The number of hydrogen-bond donors (Lipinski definition) is 2. The summed E-state index contributed by atoms with van der Waals surface area (Å²) in [5.74, 6) is -3.19. The highest BCUT2D eigenvalue weighted by molar-refractivity contribution is 7.89. The van der Waals surface area contributed by atoms with E-state index in [1.807, 2.05) is 53.3 Å². The topological polar surface area (TPSA) is 192 Å². The van der Waals surface area contributed by atoms with Crippen LogP contribution in [0.5, 0.6) is 0 Å². The number of halogens is 2. The van der Waals surface area contributed by atoms with Crippen molar-refractivity contribution in [3.63, 3.8) is 0 Å². The minimum absolute atomic E-state index is 0.124. The first-order chi connectivity index (χ1) is 31.6. The van der Waals surface area contributed by atoms with E-state index in [4.69, 9.17) is 5.11 Å². The molecular weight excluding hydrogens is 877 g/mol. The van der Waals surface area contributed by atoms with Gasteiger partial charge in [0.1, 0.15) is 23.7 Å². The third-order valence-corrected chi connectivity index (χ3v) is 13.1. The number of nitrogens with one attached hydrogen (secondary N) is 1. The molecule has 0 aliphatic carbocycles. The van der Waals surface area contributed by atoms with Crippen LogP contribution < -0.4 is 4.72 Å². The Balaban J connectivity index is 0.000000167. The maximum atomic E-state index is 13.4. The van der Waals surface area contributed by atoms with Gasteiger partial charge in [0.2, 0.25) is 15.9 Å². The molecule has 2 atom stereocenters. The van der Waals surface area contributed by atoms with Gasteiger partial charge in [0, 0.05) is 78.6 Å². The van der Waals surface area contributed by atoms with Crippen LogP contribution in [0.25, 0.3) is 21.8 Å². The van der Waals surface area contributed by atoms with Crippen LogP contribution in [0.4, 0.5) is 18.4 Å². The van der Waals surface area contributed by atoms with Crippen molar-refractivity contribution in [2.75, 3.05) is 19.3 Å². The van der Waals surface area contributed by atoms with Crippen LogP contribution in [0.15, 0.2) is 97.1 Å². The smallest absolute Gasteiger partial charge is 0.327 e. The maximum Gasteiger partial charge on any atom is 0.327 e. The Morgan fingerprint density at radius 1 is 0.636 bits per heavy atom. The normalized spacial score (nSPS) is 17.7. The molecule has 19 heteroatoms. The van der Waals surface area contributed by atoms with Crippen molar-refractivity contribution in [3.8, 4) is 0 Å². The number of fused-ring (bicyclic) bond motifs is 8. The Kier molecular flexibility index (Phi) is 11.4. The summed E-state index contributed by atoms with van der Waals surface area (Å²) in [7, 11) is -3.72. The first-order valence-corrected chi connectivity index (χ1v) is 23.1. The van der Waals surface area contributed by atoms with Gasteiger partial charge < -0.3 is 24.0 Å². The lowest BCUT2D eigenvalue weighted by Crippen LogP contribution is -2.40. The number of rotatable bonds is 11. The Bertz CT molecular complexity index is 3100. The SMILES string of the molecule is CS(=O)(=O)NC(=O)CCN1C(=O)C2Cc3c(n(Cc4ccc(F)cc4)c4ccccc34)CN2C1=O.O=C(O)CCN1C(=O)C2Cc3c(n(Cc4ccc(F)cc4)c4ccccc34)CN2C1=O. The Morgan fingerprint density at radius 2 is 1.05 bits per heavy atom. The molecule has 66 heavy (non-hydrogen) atoms. The largest absolute Gasteiger partial charge is 0.481 e. The number of urea groups is 2. The first-order valence-electron chi connectivity index (χ1n) is 21.2. The summed E-state index contributed by atoms with van der Waals surface area (Å²) >= 11 is 0. The van der Waals surface area contributed by atoms with Gasteiger partial charge in [-0.2, -0.15) is 0 Å². The molecule has 6 aromatic rings. The number of imide groups is 2. The summed E-state index contributed by atoms with van der Waals surface area (Å²) in [6.45, 7) is 1.15. The lowest BCUT2D eigenvalue weighted by atomic mass is 9.97. The molecule has 0 spiro atoms. The van der Waals surface area contributed by atoms with E-state index in [1.54, 1.807) is 24.3 Å². The van der Waals surface area contributed by atoms with Crippen LogP contribution in [-0.2, 0) is 68.2 Å². The van der Waals surface area contributed by atoms with E-state index in [1.165, 1.54) is 34.1 Å². The molecule has 0 saturated carbocycles. The number of carbonyl (C=O) groups excluding carboxylic acids is 5. The number of carboxylic acid groups (broad SMARTS) is 1. The van der Waals surface area contributed by atoms with Gasteiger partial charge in [0.05, 0.1) is 25.8 Å². The summed E-state index contributed by atoms with van der Waals surface area (Å²) in [6.07, 6.45) is 1.01. The number of hydrogen-bond acceptors (Lipinski definition) is 8. The standard InChI is InChI=1S/C24H23FN4O5S.C23H20FN3O4/c1-35(33,34)26-22(30)10-11-27-23(31)20-12-18-17-4-2-3-5-19(17)28(21(18)14-29(20)24(27)32)13-15-6-8-16(25)9-7-15;24-15-7-5-14(6-8-15)12-26-18-4-2-1-3-16(18)17-11-19-22(30)25(10-9-21(28)29)23(31)27(19)13-20(17)26/h2-9,20H,10-14H2,1H3,(H,26,30);1-8,19H,9-13H2,(H,28,29). The van der Waals surface area contributed by atoms with Crippen LogP contribution >= 0.6 is 0 Å². The predicted molar refractivity (Wildman–Crippen MR) is 235 cm³/mol. The highest BCUT2D eigenvalue weighted by atomic mass is 32.2. The van der Waals surface area contributed by atoms with Crippen molar-refractivity contribution in [2.24, 2.45) is 0 Å². The zero-order valence-corrected chi connectivity index (χ0v) is 36.3. The van der Waals surface area contributed by atoms with Gasteiger partial charge in [-0.05, 0) is 58.7 Å². The number of carboxylic acids is 1. The monoisotopic (exact) mass is 919 g/mol. The number of para-hydroxylation sites is 2. The molecule has 2 fully saturated rings. The van der Waals surface area contributed by atoms with Crippen molar-refractivity contribution in [3.05, 3.63) is 142 Å². The van der Waals surface area contributed by atoms with Gasteiger partial charge in [0.15, 0.2) is 0 Å². The fourth-order valence-electron chi connectivity index (χ4n) is 9.52. The number of benzene rings is 4. The molecule has 7 amide bonds. The lowest BCUT2D eigenvalue weighted by molar-refractivity contribution is -0.137. The highest BCUT2D eigenvalue weighted by Gasteiger charge is 2.49. The number of amides is 7. The number of aliphatic carboxylic acids is 1. The van der Waals surface area contributed by atoms with Crippen molar-refractivity contribution >= 4 is 67.6 Å². The molecule has 4 aliphatic rings. The van der Waals surface area contributed by atoms with E-state index < -0.39 is 52.0 Å². The summed E-state index contributed by atoms with van der Waals surface area (Å²) < 4.78 is 55.3. The zero-order valence-electron chi connectivity index (χ0n) is 35.5. The lowest BCUT2D eigenvalue weighted by Gasteiger charge is -2.28. The number of sulfonamides is 1. The fourth-order valence-corrected chi connectivity index (χ4v) is 10.0. The predicted octanol–water partition coefficient (Wildman–Crippen LogP) is 4.98. The zero-order chi connectivity index (χ0) is 46.6. The van der Waals surface area contributed by atoms with E-state index in [0.29, 0.717) is 25.9 Å². The van der Waals surface area contributed by atoms with Gasteiger partial charge in [0.25, 0.3) is 11.8 Å². The minimum Gasteiger partial charge on any atom is -0.481 e. The van der Waals surface area contributed by atoms with Crippen molar-refractivity contribution in [1.82, 2.24) is 33.5 Å². The van der Waals surface area contributed by atoms with Crippen molar-refractivity contribution in [1.29, 1.82) is 0 Å². The van der Waals surface area contributed by atoms with Crippen LogP contribution in [0, 0.1) is 11.6 Å². The first kappa shape index (κ1) is 43.8. The van der Waals surface area contributed by atoms with Crippen LogP contribution in [0.1, 0.15) is 46.5 Å². The second kappa shape index (κ2) is 17.2. The summed E-state index contributed by atoms with van der Waals surface area (Å²) in [6, 6.07) is 26.0. The quantitative estimate of drug-likeness (QED) is 0.169. The molecule has 2 aromatic heterocycles. The summed E-state index contributed by atoms with van der Waals surface area (Å²) in [5, 5.41) is 11.0. The third-order valence-electron chi connectivity index (χ3n) is 12.6. The van der Waals surface area contributed by atoms with Crippen molar-refractivity contribution in [2.45, 2.75) is 63.9 Å². The number of nitrogens with zero attached hydrogens (tertiary/aromatic N) is 6. The molecule has 2 saturated heterocycles. The molecule has 2 N–H and O–H groups in total. The molecule has 2 unspecified atom stereocenters. The highest BCUT2D eigenvalue weighted by Crippen LogP contribution is 2.39. The molecule has 0 radical (unpaired) electrons. The van der Waals surface area contributed by atoms with Gasteiger partial charge in [-0.25, -0.2) is 26.8 Å². The Hall–Kier alpha value is -7.41. The van der Waals surface area contributed by atoms with Crippen LogP contribution in [0.3, 0.4) is 0 Å². The van der Waals surface area contributed by atoms with Crippen LogP contribution in [-0.4, -0.2) is 109 Å². The van der Waals surface area contributed by atoms with E-state index >= 15 is 0 Å².